The molecular weight excluding hydrogens is 120 g/mol. The summed E-state index contributed by atoms with van der Waals surface area (Å²) in [7, 11) is 0. The van der Waals surface area contributed by atoms with Crippen LogP contribution in [0.25, 0.3) is 0 Å². The molecule has 4 aliphatic carbocycles. The van der Waals surface area contributed by atoms with Crippen LogP contribution in [0.15, 0.2) is 0 Å². The van der Waals surface area contributed by atoms with Gasteiger partial charge in [0.1, 0.15) is 0 Å². The monoisotopic (exact) mass is 134 g/mol. The van der Waals surface area contributed by atoms with Crippen molar-refractivity contribution in [1.29, 1.82) is 0 Å². The van der Waals surface area contributed by atoms with Gasteiger partial charge in [0.15, 0.2) is 0 Å². The topological polar surface area (TPSA) is 0 Å². The Kier molecular flexibility index (Phi) is 1.00. The SMILES string of the molecule is [CH]1C2CC3[CH]C(C2)CC1C3. The largest absolute Gasteiger partial charge is 0.0470 e. The lowest BCUT2D eigenvalue weighted by molar-refractivity contribution is 0.118. The lowest BCUT2D eigenvalue weighted by Gasteiger charge is -2.49. The highest BCUT2D eigenvalue weighted by Crippen LogP contribution is 2.52. The molecule has 0 aliphatic heterocycles. The van der Waals surface area contributed by atoms with Gasteiger partial charge in [-0.05, 0) is 62.2 Å². The quantitative estimate of drug-likeness (QED) is 0.477. The summed E-state index contributed by atoms with van der Waals surface area (Å²) in [6.45, 7) is 0. The van der Waals surface area contributed by atoms with Crippen LogP contribution >= 0.6 is 0 Å². The zero-order valence-corrected chi connectivity index (χ0v) is 6.29. The van der Waals surface area contributed by atoms with Gasteiger partial charge in [0.2, 0.25) is 0 Å². The molecule has 0 aromatic heterocycles. The average molecular weight is 134 g/mol. The van der Waals surface area contributed by atoms with E-state index >= 15 is 0 Å². The lowest BCUT2D eigenvalue weighted by atomic mass is 9.56. The van der Waals surface area contributed by atoms with E-state index in [1.165, 1.54) is 25.7 Å². The smallest absolute Gasteiger partial charge is 0.0323 e. The first-order chi connectivity index (χ1) is 4.90. The Labute approximate surface area is 63.0 Å². The van der Waals surface area contributed by atoms with E-state index in [2.05, 4.69) is 12.8 Å². The van der Waals surface area contributed by atoms with E-state index in [1.54, 1.807) is 0 Å². The van der Waals surface area contributed by atoms with Gasteiger partial charge >= 0.3 is 0 Å². The van der Waals surface area contributed by atoms with Crippen molar-refractivity contribution >= 4 is 0 Å². The molecule has 10 heavy (non-hydrogen) atoms. The van der Waals surface area contributed by atoms with Crippen LogP contribution < -0.4 is 0 Å². The molecule has 0 heteroatoms. The van der Waals surface area contributed by atoms with Crippen LogP contribution in [0.4, 0.5) is 0 Å². The van der Waals surface area contributed by atoms with E-state index in [1.807, 2.05) is 0 Å². The van der Waals surface area contributed by atoms with Gasteiger partial charge in [0.25, 0.3) is 0 Å². The predicted octanol–water partition coefficient (Wildman–Crippen LogP) is 2.46. The van der Waals surface area contributed by atoms with Crippen LogP contribution in [0.2, 0.25) is 0 Å². The van der Waals surface area contributed by atoms with Gasteiger partial charge < -0.3 is 0 Å². The van der Waals surface area contributed by atoms with E-state index in [0.717, 1.165) is 23.7 Å². The second-order valence-corrected chi connectivity index (χ2v) is 4.37. The Morgan fingerprint density at radius 2 is 0.900 bits per heavy atom. The maximum Gasteiger partial charge on any atom is -0.0323 e. The predicted molar refractivity (Wildman–Crippen MR) is 41.0 cm³/mol. The van der Waals surface area contributed by atoms with Crippen molar-refractivity contribution in [3.05, 3.63) is 12.8 Å². The van der Waals surface area contributed by atoms with Gasteiger partial charge in [-0.3, -0.25) is 0 Å². The minimum absolute atomic E-state index is 1.02. The summed E-state index contributed by atoms with van der Waals surface area (Å²) >= 11 is 0. The van der Waals surface area contributed by atoms with E-state index < -0.39 is 0 Å². The highest BCUT2D eigenvalue weighted by Gasteiger charge is 2.42. The molecule has 0 N–H and O–H groups in total. The molecule has 0 amide bonds. The molecule has 0 spiro atoms. The third-order valence-corrected chi connectivity index (χ3v) is 3.51. The Bertz CT molecular complexity index is 91.6. The minimum Gasteiger partial charge on any atom is -0.0470 e. The molecule has 4 aliphatic rings. The Morgan fingerprint density at radius 3 is 1.20 bits per heavy atom. The molecule has 0 aromatic carbocycles. The number of rotatable bonds is 0. The summed E-state index contributed by atoms with van der Waals surface area (Å²) in [5.41, 5.74) is 0. The number of hydrogen-bond donors (Lipinski definition) is 0. The normalized spacial score (nSPS) is 57.6. The summed E-state index contributed by atoms with van der Waals surface area (Å²) in [5, 5.41) is 0. The number of hydrogen-bond acceptors (Lipinski definition) is 0. The van der Waals surface area contributed by atoms with Crippen LogP contribution in [0, 0.1) is 36.5 Å². The molecule has 4 saturated carbocycles. The average Bonchev–Trinajstić information content (AvgIpc) is 1.82. The molecule has 4 bridgehead atoms. The molecule has 0 unspecified atom stereocenters. The molecule has 4 rings (SSSR count). The fourth-order valence-electron chi connectivity index (χ4n) is 3.34. The summed E-state index contributed by atoms with van der Waals surface area (Å²) < 4.78 is 0. The maximum atomic E-state index is 2.64. The van der Waals surface area contributed by atoms with E-state index in [-0.39, 0.29) is 0 Å². The summed E-state index contributed by atoms with van der Waals surface area (Å²) in [4.78, 5) is 0. The van der Waals surface area contributed by atoms with E-state index in [9.17, 15) is 0 Å². The first-order valence-electron chi connectivity index (χ1n) is 4.60. The standard InChI is InChI=1S/C10H14/c1-7-2-9-4-8(1)5-10(3-7)6-9/h1,6-10H,2-5H2. The molecule has 0 saturated heterocycles. The van der Waals surface area contributed by atoms with Crippen molar-refractivity contribution in [1.82, 2.24) is 0 Å². The zero-order chi connectivity index (χ0) is 6.55. The van der Waals surface area contributed by atoms with Crippen molar-refractivity contribution in [3.8, 4) is 0 Å². The molecule has 0 nitrogen and oxygen atoms in total. The molecule has 0 atom stereocenters. The van der Waals surface area contributed by atoms with Crippen molar-refractivity contribution in [2.45, 2.75) is 25.7 Å². The second kappa shape index (κ2) is 1.78. The van der Waals surface area contributed by atoms with Crippen molar-refractivity contribution in [2.24, 2.45) is 23.7 Å². The summed E-state index contributed by atoms with van der Waals surface area (Å²) in [6, 6.07) is 0. The summed E-state index contributed by atoms with van der Waals surface area (Å²) in [6.07, 6.45) is 11.2. The van der Waals surface area contributed by atoms with Crippen LogP contribution in [0.3, 0.4) is 0 Å². The van der Waals surface area contributed by atoms with Crippen LogP contribution in [0.1, 0.15) is 25.7 Å². The van der Waals surface area contributed by atoms with Crippen molar-refractivity contribution in [3.63, 3.8) is 0 Å². The molecule has 0 heterocycles. The first kappa shape index (κ1) is 5.62. The van der Waals surface area contributed by atoms with Crippen molar-refractivity contribution in [2.75, 3.05) is 0 Å². The van der Waals surface area contributed by atoms with Gasteiger partial charge in [-0.1, -0.05) is 0 Å². The van der Waals surface area contributed by atoms with Crippen LogP contribution in [-0.4, -0.2) is 0 Å². The van der Waals surface area contributed by atoms with Crippen LogP contribution in [0.5, 0.6) is 0 Å². The molecule has 54 valence electrons. The fraction of sp³-hybridized carbons (Fsp3) is 0.800. The van der Waals surface area contributed by atoms with Gasteiger partial charge in [-0.15, -0.1) is 0 Å². The highest BCUT2D eigenvalue weighted by atomic mass is 14.5. The molecule has 4 fully saturated rings. The second-order valence-electron chi connectivity index (χ2n) is 4.37. The van der Waals surface area contributed by atoms with Crippen LogP contribution in [-0.2, 0) is 0 Å². The van der Waals surface area contributed by atoms with Crippen molar-refractivity contribution < 1.29 is 0 Å². The Balaban J connectivity index is 1.90. The Hall–Kier alpha value is 0. The maximum absolute atomic E-state index is 2.64. The molecular formula is C10H14. The van der Waals surface area contributed by atoms with Gasteiger partial charge in [0.05, 0.1) is 0 Å². The zero-order valence-electron chi connectivity index (χ0n) is 6.29. The van der Waals surface area contributed by atoms with E-state index in [4.69, 9.17) is 0 Å². The third kappa shape index (κ3) is 0.681. The highest BCUT2D eigenvalue weighted by molar-refractivity contribution is 5.08. The fourth-order valence-corrected chi connectivity index (χ4v) is 3.34. The van der Waals surface area contributed by atoms with Gasteiger partial charge in [-0.2, -0.15) is 0 Å². The molecule has 2 radical (unpaired) electrons. The minimum atomic E-state index is 1.02. The third-order valence-electron chi connectivity index (χ3n) is 3.51. The summed E-state index contributed by atoms with van der Waals surface area (Å²) in [5.74, 6) is 4.08. The first-order valence-corrected chi connectivity index (χ1v) is 4.60. The van der Waals surface area contributed by atoms with Gasteiger partial charge in [-0.25, -0.2) is 0 Å². The van der Waals surface area contributed by atoms with Gasteiger partial charge in [0, 0.05) is 0 Å². The van der Waals surface area contributed by atoms with E-state index in [0.29, 0.717) is 0 Å². The Morgan fingerprint density at radius 1 is 0.600 bits per heavy atom. The lowest BCUT2D eigenvalue weighted by Crippen LogP contribution is -2.39. The molecule has 0 aromatic rings.